The van der Waals surface area contributed by atoms with Gasteiger partial charge in [0.05, 0.1) is 12.3 Å². The van der Waals surface area contributed by atoms with Gasteiger partial charge in [-0.3, -0.25) is 14.4 Å². The van der Waals surface area contributed by atoms with Crippen LogP contribution < -0.4 is 20.8 Å². The van der Waals surface area contributed by atoms with Gasteiger partial charge in [0, 0.05) is 19.7 Å². The van der Waals surface area contributed by atoms with E-state index in [1.54, 1.807) is 24.3 Å². The van der Waals surface area contributed by atoms with Crippen LogP contribution in [0, 0.1) is 0 Å². The van der Waals surface area contributed by atoms with E-state index in [2.05, 4.69) is 27.7 Å². The lowest BCUT2D eigenvalue weighted by molar-refractivity contribution is -0.139. The smallest absolute Gasteiger partial charge is 0.329 e. The molecule has 28 heavy (non-hydrogen) atoms. The molecule has 3 N–H and O–H groups in total. The van der Waals surface area contributed by atoms with E-state index in [4.69, 9.17) is 9.47 Å². The minimum absolute atomic E-state index is 0.0873. The van der Waals surface area contributed by atoms with Gasteiger partial charge in [0.1, 0.15) is 5.75 Å². The summed E-state index contributed by atoms with van der Waals surface area (Å²) in [4.78, 5) is 34.6. The average molecular weight is 388 g/mol. The molecule has 1 fully saturated rings. The van der Waals surface area contributed by atoms with Crippen molar-refractivity contribution in [2.45, 2.75) is 18.9 Å². The Bertz CT molecular complexity index is 712. The quantitative estimate of drug-likeness (QED) is 0.240. The van der Waals surface area contributed by atoms with Crippen LogP contribution in [0.2, 0.25) is 0 Å². The number of benzene rings is 1. The van der Waals surface area contributed by atoms with Crippen LogP contribution in [0.25, 0.3) is 0 Å². The fraction of sp³-hybridized carbons (Fsp3) is 0.368. The second kappa shape index (κ2) is 11.5. The maximum absolute atomic E-state index is 11.8. The maximum atomic E-state index is 11.8. The molecule has 0 radical (unpaired) electrons. The standard InChI is InChI=1S/C19H24N4O5/c1-2-9-20-18(25)19(26)23-22-11-14-5-7-15(8-6-14)28-13-17(24)21-12-16-4-3-10-27-16/h2,5-8,11,16H,1,3-4,9-10,12-13H2,(H,20,25)(H,21,24)(H,23,26)/b22-11-/t16-/m0/s1. The number of amides is 3. The molecule has 1 heterocycles. The first kappa shape index (κ1) is 21.1. The molecule has 0 saturated carbocycles. The summed E-state index contributed by atoms with van der Waals surface area (Å²) in [7, 11) is 0. The van der Waals surface area contributed by atoms with Gasteiger partial charge < -0.3 is 20.1 Å². The third-order valence-electron chi connectivity index (χ3n) is 3.79. The maximum Gasteiger partial charge on any atom is 0.329 e. The molecule has 2 rings (SSSR count). The Morgan fingerprint density at radius 2 is 2.00 bits per heavy atom. The minimum Gasteiger partial charge on any atom is -0.484 e. The highest BCUT2D eigenvalue weighted by Crippen LogP contribution is 2.12. The summed E-state index contributed by atoms with van der Waals surface area (Å²) in [6.07, 6.45) is 4.93. The average Bonchev–Trinajstić information content (AvgIpc) is 3.23. The van der Waals surface area contributed by atoms with Crippen LogP contribution in [0.4, 0.5) is 0 Å². The zero-order valence-corrected chi connectivity index (χ0v) is 15.5. The fourth-order valence-corrected chi connectivity index (χ4v) is 2.34. The summed E-state index contributed by atoms with van der Waals surface area (Å²) in [6, 6.07) is 6.75. The molecule has 9 heteroatoms. The van der Waals surface area contributed by atoms with Crippen molar-refractivity contribution < 1.29 is 23.9 Å². The largest absolute Gasteiger partial charge is 0.484 e. The van der Waals surface area contributed by atoms with E-state index in [0.29, 0.717) is 17.9 Å². The number of nitrogens with one attached hydrogen (secondary N) is 3. The fourth-order valence-electron chi connectivity index (χ4n) is 2.34. The van der Waals surface area contributed by atoms with E-state index in [9.17, 15) is 14.4 Å². The molecule has 0 aliphatic carbocycles. The first-order valence-corrected chi connectivity index (χ1v) is 8.92. The van der Waals surface area contributed by atoms with Gasteiger partial charge in [-0.1, -0.05) is 6.08 Å². The number of carbonyl (C=O) groups excluding carboxylic acids is 3. The number of hydrogen-bond donors (Lipinski definition) is 3. The van der Waals surface area contributed by atoms with Crippen molar-refractivity contribution in [3.05, 3.63) is 42.5 Å². The summed E-state index contributed by atoms with van der Waals surface area (Å²) in [5.41, 5.74) is 2.80. The van der Waals surface area contributed by atoms with Crippen LogP contribution in [0.3, 0.4) is 0 Å². The van der Waals surface area contributed by atoms with Crippen LogP contribution in [0.1, 0.15) is 18.4 Å². The van der Waals surface area contributed by atoms with Crippen molar-refractivity contribution in [3.63, 3.8) is 0 Å². The van der Waals surface area contributed by atoms with Crippen molar-refractivity contribution in [2.75, 3.05) is 26.3 Å². The molecule has 0 aromatic heterocycles. The van der Waals surface area contributed by atoms with Crippen molar-refractivity contribution in [1.82, 2.24) is 16.1 Å². The summed E-state index contributed by atoms with van der Waals surface area (Å²) >= 11 is 0. The lowest BCUT2D eigenvalue weighted by Gasteiger charge is -2.11. The summed E-state index contributed by atoms with van der Waals surface area (Å²) in [5, 5.41) is 8.82. The Morgan fingerprint density at radius 3 is 2.68 bits per heavy atom. The Kier molecular flexibility index (Phi) is 8.67. The molecule has 1 saturated heterocycles. The highest BCUT2D eigenvalue weighted by molar-refractivity contribution is 6.35. The number of ether oxygens (including phenoxy) is 2. The van der Waals surface area contributed by atoms with Gasteiger partial charge in [-0.2, -0.15) is 5.10 Å². The molecule has 1 aliphatic rings. The van der Waals surface area contributed by atoms with Gasteiger partial charge in [-0.15, -0.1) is 6.58 Å². The molecule has 0 bridgehead atoms. The molecule has 1 atom stereocenters. The Labute approximate surface area is 163 Å². The SMILES string of the molecule is C=CCNC(=O)C(=O)N/N=C\c1ccc(OCC(=O)NC[C@@H]2CCCO2)cc1. The lowest BCUT2D eigenvalue weighted by atomic mass is 10.2. The normalized spacial score (nSPS) is 15.8. The van der Waals surface area contributed by atoms with E-state index in [0.717, 1.165) is 19.4 Å². The predicted octanol–water partition coefficient (Wildman–Crippen LogP) is 0.113. The minimum atomic E-state index is -0.868. The molecule has 1 aromatic carbocycles. The summed E-state index contributed by atoms with van der Waals surface area (Å²) < 4.78 is 10.9. The number of nitrogens with zero attached hydrogens (tertiary/aromatic N) is 1. The molecular formula is C19H24N4O5. The Morgan fingerprint density at radius 1 is 1.21 bits per heavy atom. The van der Waals surface area contributed by atoms with Crippen molar-refractivity contribution in [3.8, 4) is 5.75 Å². The van der Waals surface area contributed by atoms with Gasteiger partial charge >= 0.3 is 11.8 Å². The summed E-state index contributed by atoms with van der Waals surface area (Å²) in [5.74, 6) is -1.35. The van der Waals surface area contributed by atoms with E-state index >= 15 is 0 Å². The molecule has 150 valence electrons. The molecule has 0 unspecified atom stereocenters. The molecule has 1 aromatic rings. The molecule has 9 nitrogen and oxygen atoms in total. The molecule has 1 aliphatic heterocycles. The van der Waals surface area contributed by atoms with Crippen LogP contribution in [0.5, 0.6) is 5.75 Å². The van der Waals surface area contributed by atoms with Crippen LogP contribution in [0.15, 0.2) is 42.0 Å². The number of carbonyl (C=O) groups is 3. The van der Waals surface area contributed by atoms with E-state index in [-0.39, 0.29) is 25.2 Å². The third-order valence-corrected chi connectivity index (χ3v) is 3.79. The van der Waals surface area contributed by atoms with Gasteiger partial charge in [-0.25, -0.2) is 5.43 Å². The van der Waals surface area contributed by atoms with Crippen LogP contribution in [-0.2, 0) is 19.1 Å². The van der Waals surface area contributed by atoms with Crippen LogP contribution >= 0.6 is 0 Å². The molecule has 0 spiro atoms. The highest BCUT2D eigenvalue weighted by atomic mass is 16.5. The first-order valence-electron chi connectivity index (χ1n) is 8.92. The van der Waals surface area contributed by atoms with E-state index in [1.165, 1.54) is 12.3 Å². The summed E-state index contributed by atoms with van der Waals surface area (Å²) in [6.45, 7) is 4.79. The van der Waals surface area contributed by atoms with Gasteiger partial charge in [0.15, 0.2) is 6.61 Å². The number of hydrogen-bond acceptors (Lipinski definition) is 6. The third kappa shape index (κ3) is 7.58. The van der Waals surface area contributed by atoms with Crippen molar-refractivity contribution >= 4 is 23.9 Å². The van der Waals surface area contributed by atoms with Crippen molar-refractivity contribution in [1.29, 1.82) is 0 Å². The highest BCUT2D eigenvalue weighted by Gasteiger charge is 2.16. The zero-order chi connectivity index (χ0) is 20.2. The van der Waals surface area contributed by atoms with E-state index < -0.39 is 11.8 Å². The monoisotopic (exact) mass is 388 g/mol. The topological polar surface area (TPSA) is 118 Å². The van der Waals surface area contributed by atoms with Crippen molar-refractivity contribution in [2.24, 2.45) is 5.10 Å². The lowest BCUT2D eigenvalue weighted by Crippen LogP contribution is -2.37. The first-order chi connectivity index (χ1) is 13.6. The van der Waals surface area contributed by atoms with Gasteiger partial charge in [0.2, 0.25) is 0 Å². The Balaban J connectivity index is 1.68. The molecular weight excluding hydrogens is 364 g/mol. The zero-order valence-electron chi connectivity index (χ0n) is 15.5. The Hall–Kier alpha value is -3.20. The predicted molar refractivity (Wildman–Crippen MR) is 103 cm³/mol. The number of hydrazone groups is 1. The number of rotatable bonds is 9. The van der Waals surface area contributed by atoms with Gasteiger partial charge in [-0.05, 0) is 42.7 Å². The second-order valence-corrected chi connectivity index (χ2v) is 5.99. The van der Waals surface area contributed by atoms with E-state index in [1.807, 2.05) is 0 Å². The molecule has 3 amide bonds. The van der Waals surface area contributed by atoms with Crippen LogP contribution in [-0.4, -0.2) is 56.3 Å². The van der Waals surface area contributed by atoms with Gasteiger partial charge in [0.25, 0.3) is 5.91 Å². The second-order valence-electron chi connectivity index (χ2n) is 5.99.